The minimum atomic E-state index is -3.91. The first-order valence-corrected chi connectivity index (χ1v) is 11.2. The lowest BCUT2D eigenvalue weighted by molar-refractivity contribution is -0.145. The summed E-state index contributed by atoms with van der Waals surface area (Å²) in [5, 5.41) is 0. The molecule has 4 rings (SSSR count). The van der Waals surface area contributed by atoms with Crippen LogP contribution in [0, 0.1) is 0 Å². The van der Waals surface area contributed by atoms with Crippen LogP contribution in [0.15, 0.2) is 65.8 Å². The average molecular weight is 442 g/mol. The summed E-state index contributed by atoms with van der Waals surface area (Å²) in [5.74, 6) is 0.160. The number of hydrogen-bond acceptors (Lipinski definition) is 6. The molecule has 0 bridgehead atoms. The summed E-state index contributed by atoms with van der Waals surface area (Å²) >= 11 is 0. The van der Waals surface area contributed by atoms with Crippen LogP contribution in [0.3, 0.4) is 0 Å². The molecule has 162 valence electrons. The van der Waals surface area contributed by atoms with Crippen LogP contribution in [-0.4, -0.2) is 48.5 Å². The fourth-order valence-corrected chi connectivity index (χ4v) is 5.29. The van der Waals surface area contributed by atoms with Gasteiger partial charge >= 0.3 is 5.97 Å². The Kier molecular flexibility index (Phi) is 5.79. The molecule has 1 aliphatic rings. The van der Waals surface area contributed by atoms with Crippen LogP contribution < -0.4 is 4.74 Å². The zero-order valence-electron chi connectivity index (χ0n) is 17.3. The molecule has 0 amide bonds. The summed E-state index contributed by atoms with van der Waals surface area (Å²) < 4.78 is 40.0. The van der Waals surface area contributed by atoms with Gasteiger partial charge in [-0.25, -0.2) is 13.4 Å². The van der Waals surface area contributed by atoms with Crippen molar-refractivity contribution in [1.29, 1.82) is 0 Å². The molecular weight excluding hydrogens is 418 g/mol. The van der Waals surface area contributed by atoms with E-state index in [1.807, 2.05) is 28.8 Å². The van der Waals surface area contributed by atoms with E-state index in [9.17, 15) is 13.2 Å². The Morgan fingerprint density at radius 2 is 1.81 bits per heavy atom. The largest absolute Gasteiger partial charge is 0.497 e. The van der Waals surface area contributed by atoms with E-state index in [1.165, 1.54) is 23.5 Å². The molecule has 0 fully saturated rings. The molecule has 0 radical (unpaired) electrons. The van der Waals surface area contributed by atoms with Crippen molar-refractivity contribution in [2.45, 2.75) is 30.4 Å². The zero-order chi connectivity index (χ0) is 22.0. The first-order chi connectivity index (χ1) is 14.9. The highest BCUT2D eigenvalue weighted by Crippen LogP contribution is 2.29. The zero-order valence-corrected chi connectivity index (χ0v) is 18.1. The SMILES string of the molecule is COC(=O)C1Cc2ncn(Cc3ccc(OC)cc3)c2CN1S(=O)(=O)c1ccccc1. The lowest BCUT2D eigenvalue weighted by Crippen LogP contribution is -2.49. The number of carbonyl (C=O) groups excluding carboxylic acids is 1. The van der Waals surface area contributed by atoms with Crippen LogP contribution >= 0.6 is 0 Å². The van der Waals surface area contributed by atoms with Crippen molar-refractivity contribution in [3.8, 4) is 5.75 Å². The van der Waals surface area contributed by atoms with Crippen molar-refractivity contribution in [3.05, 3.63) is 77.9 Å². The number of benzene rings is 2. The lowest BCUT2D eigenvalue weighted by atomic mass is 10.1. The van der Waals surface area contributed by atoms with Crippen LogP contribution in [0.5, 0.6) is 5.75 Å². The van der Waals surface area contributed by atoms with Gasteiger partial charge in [-0.15, -0.1) is 0 Å². The quantitative estimate of drug-likeness (QED) is 0.545. The molecule has 1 atom stereocenters. The fraction of sp³-hybridized carbons (Fsp3) is 0.273. The van der Waals surface area contributed by atoms with Gasteiger partial charge in [0, 0.05) is 13.0 Å². The van der Waals surface area contributed by atoms with Gasteiger partial charge in [0.15, 0.2) is 0 Å². The van der Waals surface area contributed by atoms with Gasteiger partial charge in [0.1, 0.15) is 11.8 Å². The molecule has 0 saturated carbocycles. The molecule has 1 aliphatic heterocycles. The predicted octanol–water partition coefficient (Wildman–Crippen LogP) is 2.23. The van der Waals surface area contributed by atoms with Gasteiger partial charge in [0.25, 0.3) is 0 Å². The molecule has 1 aromatic heterocycles. The summed E-state index contributed by atoms with van der Waals surface area (Å²) in [7, 11) is -1.04. The van der Waals surface area contributed by atoms with Gasteiger partial charge in [-0.2, -0.15) is 4.31 Å². The molecule has 2 heterocycles. The standard InChI is InChI=1S/C22H23N3O5S/c1-29-17-10-8-16(9-11-17)13-24-15-23-19-12-20(22(26)30-2)25(14-21(19)24)31(27,28)18-6-4-3-5-7-18/h3-11,15,20H,12-14H2,1-2H3. The highest BCUT2D eigenvalue weighted by atomic mass is 32.2. The number of imidazole rings is 1. The van der Waals surface area contributed by atoms with Gasteiger partial charge < -0.3 is 14.0 Å². The van der Waals surface area contributed by atoms with Crippen LogP contribution in [0.4, 0.5) is 0 Å². The van der Waals surface area contributed by atoms with E-state index in [4.69, 9.17) is 9.47 Å². The Labute approximate surface area is 181 Å². The number of aromatic nitrogens is 2. The van der Waals surface area contributed by atoms with E-state index in [0.29, 0.717) is 12.2 Å². The minimum absolute atomic E-state index is 0.0302. The van der Waals surface area contributed by atoms with E-state index in [1.54, 1.807) is 31.6 Å². The molecular formula is C22H23N3O5S. The molecule has 2 aromatic carbocycles. The Morgan fingerprint density at radius 3 is 2.45 bits per heavy atom. The number of rotatable bonds is 6. The lowest BCUT2D eigenvalue weighted by Gasteiger charge is -2.33. The molecule has 31 heavy (non-hydrogen) atoms. The smallest absolute Gasteiger partial charge is 0.324 e. The topological polar surface area (TPSA) is 90.7 Å². The summed E-state index contributed by atoms with van der Waals surface area (Å²) in [6.07, 6.45) is 1.84. The predicted molar refractivity (Wildman–Crippen MR) is 113 cm³/mol. The number of fused-ring (bicyclic) bond motifs is 1. The number of methoxy groups -OCH3 is 2. The Bertz CT molecular complexity index is 1170. The van der Waals surface area contributed by atoms with Crippen LogP contribution in [0.25, 0.3) is 0 Å². The van der Waals surface area contributed by atoms with Crippen LogP contribution in [0.2, 0.25) is 0 Å². The Balaban J connectivity index is 1.69. The first kappa shape index (κ1) is 21.1. The molecule has 0 spiro atoms. The molecule has 0 saturated heterocycles. The van der Waals surface area contributed by atoms with Crippen LogP contribution in [0.1, 0.15) is 17.0 Å². The van der Waals surface area contributed by atoms with Gasteiger partial charge in [0.2, 0.25) is 10.0 Å². The number of esters is 1. The number of nitrogens with zero attached hydrogens (tertiary/aromatic N) is 3. The molecule has 1 unspecified atom stereocenters. The maximum atomic E-state index is 13.4. The van der Waals surface area contributed by atoms with E-state index in [-0.39, 0.29) is 17.9 Å². The normalized spacial score (nSPS) is 16.5. The molecule has 0 N–H and O–H groups in total. The third-order valence-corrected chi connectivity index (χ3v) is 7.28. The summed E-state index contributed by atoms with van der Waals surface area (Å²) in [4.78, 5) is 17.0. The van der Waals surface area contributed by atoms with Crippen molar-refractivity contribution in [1.82, 2.24) is 13.9 Å². The second kappa shape index (κ2) is 8.52. The van der Waals surface area contributed by atoms with Gasteiger partial charge in [0.05, 0.1) is 43.4 Å². The summed E-state index contributed by atoms with van der Waals surface area (Å²) in [6.45, 7) is 0.553. The maximum absolute atomic E-state index is 13.4. The van der Waals surface area contributed by atoms with E-state index in [0.717, 1.165) is 17.0 Å². The first-order valence-electron chi connectivity index (χ1n) is 9.74. The second-order valence-electron chi connectivity index (χ2n) is 7.22. The van der Waals surface area contributed by atoms with E-state index in [2.05, 4.69) is 4.98 Å². The van der Waals surface area contributed by atoms with Crippen molar-refractivity contribution >= 4 is 16.0 Å². The minimum Gasteiger partial charge on any atom is -0.497 e. The molecule has 3 aromatic rings. The number of sulfonamides is 1. The maximum Gasteiger partial charge on any atom is 0.324 e. The van der Waals surface area contributed by atoms with E-state index >= 15 is 0 Å². The van der Waals surface area contributed by atoms with Gasteiger partial charge in [-0.1, -0.05) is 30.3 Å². The Morgan fingerprint density at radius 1 is 1.10 bits per heavy atom. The molecule has 9 heteroatoms. The third-order valence-electron chi connectivity index (χ3n) is 5.41. The molecule has 0 aliphatic carbocycles. The highest BCUT2D eigenvalue weighted by molar-refractivity contribution is 7.89. The highest BCUT2D eigenvalue weighted by Gasteiger charge is 2.42. The van der Waals surface area contributed by atoms with Crippen molar-refractivity contribution in [2.75, 3.05) is 14.2 Å². The molecule has 8 nitrogen and oxygen atoms in total. The van der Waals surface area contributed by atoms with Crippen LogP contribution in [-0.2, 0) is 39.1 Å². The van der Waals surface area contributed by atoms with E-state index < -0.39 is 22.0 Å². The average Bonchev–Trinajstić information content (AvgIpc) is 3.20. The van der Waals surface area contributed by atoms with Crippen molar-refractivity contribution < 1.29 is 22.7 Å². The third kappa shape index (κ3) is 4.06. The fourth-order valence-electron chi connectivity index (χ4n) is 3.73. The van der Waals surface area contributed by atoms with Gasteiger partial charge in [-0.05, 0) is 29.8 Å². The monoisotopic (exact) mass is 441 g/mol. The second-order valence-corrected chi connectivity index (χ2v) is 9.11. The number of ether oxygens (including phenoxy) is 2. The summed E-state index contributed by atoms with van der Waals surface area (Å²) in [5.41, 5.74) is 2.48. The van der Waals surface area contributed by atoms with Crippen molar-refractivity contribution in [3.63, 3.8) is 0 Å². The number of hydrogen-bond donors (Lipinski definition) is 0. The van der Waals surface area contributed by atoms with Crippen molar-refractivity contribution in [2.24, 2.45) is 0 Å². The summed E-state index contributed by atoms with van der Waals surface area (Å²) in [6, 6.07) is 14.8. The van der Waals surface area contributed by atoms with Gasteiger partial charge in [-0.3, -0.25) is 4.79 Å². The Hall–Kier alpha value is -3.17. The number of carbonyl (C=O) groups is 1.